The van der Waals surface area contributed by atoms with Crippen LogP contribution in [0.4, 0.5) is 4.79 Å². The zero-order valence-corrected chi connectivity index (χ0v) is 23.0. The summed E-state index contributed by atoms with van der Waals surface area (Å²) in [5.74, 6) is 1.57. The lowest BCUT2D eigenvalue weighted by molar-refractivity contribution is 0.0507. The van der Waals surface area contributed by atoms with E-state index in [4.69, 9.17) is 9.73 Å². The number of hydrogen-bond donors (Lipinski definition) is 2. The first-order valence-corrected chi connectivity index (χ1v) is 12.1. The topological polar surface area (TPSA) is 69.2 Å². The maximum atomic E-state index is 12.1. The van der Waals surface area contributed by atoms with E-state index in [9.17, 15) is 4.79 Å². The molecule has 2 fully saturated rings. The Morgan fingerprint density at radius 3 is 2.61 bits per heavy atom. The van der Waals surface area contributed by atoms with E-state index in [1.165, 1.54) is 12.0 Å². The van der Waals surface area contributed by atoms with Crippen LogP contribution in [0.5, 0.6) is 0 Å². The van der Waals surface area contributed by atoms with Gasteiger partial charge in [-0.15, -0.1) is 24.0 Å². The molecule has 0 spiro atoms. The fourth-order valence-corrected chi connectivity index (χ4v) is 4.38. The zero-order valence-electron chi connectivity index (χ0n) is 20.7. The van der Waals surface area contributed by atoms with E-state index in [0.29, 0.717) is 5.92 Å². The minimum atomic E-state index is -0.477. The molecule has 0 saturated carbocycles. The summed E-state index contributed by atoms with van der Waals surface area (Å²) in [5, 5.41) is 6.44. The predicted octanol–water partition coefficient (Wildman–Crippen LogP) is 3.73. The van der Waals surface area contributed by atoms with E-state index in [0.717, 1.165) is 64.6 Å². The number of alkyl carbamates (subject to hydrolysis) is 1. The fraction of sp³-hybridized carbons (Fsp3) is 0.680. The normalized spacial score (nSPS) is 21.6. The summed E-state index contributed by atoms with van der Waals surface area (Å²) in [4.78, 5) is 21.9. The van der Waals surface area contributed by atoms with Gasteiger partial charge in [-0.2, -0.15) is 0 Å². The van der Waals surface area contributed by atoms with Crippen molar-refractivity contribution in [2.75, 3.05) is 45.8 Å². The second kappa shape index (κ2) is 13.4. The zero-order chi connectivity index (χ0) is 23.0. The molecule has 0 bridgehead atoms. The fourth-order valence-electron chi connectivity index (χ4n) is 4.38. The molecule has 33 heavy (non-hydrogen) atoms. The number of guanidine groups is 1. The number of aliphatic imine (C=N–C) groups is 1. The summed E-state index contributed by atoms with van der Waals surface area (Å²) in [6.45, 7) is 14.5. The highest BCUT2D eigenvalue weighted by Gasteiger charge is 2.28. The molecule has 2 unspecified atom stereocenters. The molecule has 1 aromatic rings. The Morgan fingerprint density at radius 1 is 1.15 bits per heavy atom. The Hall–Kier alpha value is -1.55. The number of rotatable bonds is 7. The van der Waals surface area contributed by atoms with Crippen molar-refractivity contribution in [3.05, 3.63) is 35.9 Å². The van der Waals surface area contributed by atoms with Crippen molar-refractivity contribution in [3.63, 3.8) is 0 Å². The molecular weight excluding hydrogens is 529 g/mol. The lowest BCUT2D eigenvalue weighted by atomic mass is 10.1. The summed E-state index contributed by atoms with van der Waals surface area (Å²) in [7, 11) is 0. The van der Waals surface area contributed by atoms with Crippen LogP contribution in [-0.4, -0.2) is 79.3 Å². The van der Waals surface area contributed by atoms with Crippen molar-refractivity contribution in [2.45, 2.75) is 58.6 Å². The van der Waals surface area contributed by atoms with Crippen LogP contribution in [0.1, 0.15) is 46.1 Å². The van der Waals surface area contributed by atoms with Crippen LogP contribution < -0.4 is 10.6 Å². The average Bonchev–Trinajstić information content (AvgIpc) is 3.38. The highest BCUT2D eigenvalue weighted by Crippen LogP contribution is 2.18. The van der Waals surface area contributed by atoms with E-state index in [1.807, 2.05) is 20.8 Å². The van der Waals surface area contributed by atoms with Crippen molar-refractivity contribution < 1.29 is 9.53 Å². The smallest absolute Gasteiger partial charge is 0.407 e. The number of amides is 1. The van der Waals surface area contributed by atoms with Crippen LogP contribution >= 0.6 is 24.0 Å². The molecule has 2 aliphatic rings. The van der Waals surface area contributed by atoms with Crippen molar-refractivity contribution in [3.8, 4) is 0 Å². The molecule has 7 nitrogen and oxygen atoms in total. The lowest BCUT2D eigenvalue weighted by Gasteiger charge is -2.24. The molecule has 1 amide bonds. The number of hydrogen-bond acceptors (Lipinski definition) is 4. The van der Waals surface area contributed by atoms with E-state index in [-0.39, 0.29) is 36.1 Å². The quantitative estimate of drug-likeness (QED) is 0.297. The van der Waals surface area contributed by atoms with Crippen LogP contribution in [-0.2, 0) is 11.2 Å². The van der Waals surface area contributed by atoms with Gasteiger partial charge in [0.05, 0.1) is 6.04 Å². The maximum Gasteiger partial charge on any atom is 0.407 e. The Balaban J connectivity index is 0.00000385. The maximum absolute atomic E-state index is 12.1. The Kier molecular flexibility index (Phi) is 11.2. The second-order valence-corrected chi connectivity index (χ2v) is 9.96. The Bertz CT molecular complexity index is 753. The molecule has 1 aromatic carbocycles. The summed E-state index contributed by atoms with van der Waals surface area (Å²) >= 11 is 0. The number of nitrogens with one attached hydrogen (secondary N) is 2. The molecule has 2 atom stereocenters. The van der Waals surface area contributed by atoms with Crippen LogP contribution in [0.2, 0.25) is 0 Å². The Morgan fingerprint density at radius 2 is 1.91 bits per heavy atom. The summed E-state index contributed by atoms with van der Waals surface area (Å²) in [6.07, 6.45) is 2.88. The third kappa shape index (κ3) is 9.68. The number of benzene rings is 1. The van der Waals surface area contributed by atoms with Gasteiger partial charge < -0.3 is 25.2 Å². The molecule has 2 aliphatic heterocycles. The van der Waals surface area contributed by atoms with Gasteiger partial charge in [-0.25, -0.2) is 4.79 Å². The Labute approximate surface area is 216 Å². The van der Waals surface area contributed by atoms with E-state index in [1.54, 1.807) is 0 Å². The van der Waals surface area contributed by atoms with Gasteiger partial charge >= 0.3 is 6.09 Å². The van der Waals surface area contributed by atoms with Crippen LogP contribution in [0.15, 0.2) is 35.3 Å². The van der Waals surface area contributed by atoms with E-state index in [2.05, 4.69) is 57.7 Å². The van der Waals surface area contributed by atoms with Crippen LogP contribution in [0.25, 0.3) is 0 Å². The number of ether oxygens (including phenoxy) is 1. The van der Waals surface area contributed by atoms with Crippen LogP contribution in [0.3, 0.4) is 0 Å². The molecular formula is C25H42IN5O2. The van der Waals surface area contributed by atoms with Gasteiger partial charge in [0.1, 0.15) is 5.60 Å². The number of carbonyl (C=O) groups excluding carboxylic acids is 1. The van der Waals surface area contributed by atoms with Gasteiger partial charge in [0.2, 0.25) is 0 Å². The number of halogens is 1. The average molecular weight is 572 g/mol. The lowest BCUT2D eigenvalue weighted by Crippen LogP contribution is -2.44. The molecule has 0 aromatic heterocycles. The third-order valence-corrected chi connectivity index (χ3v) is 5.97. The molecule has 2 N–H and O–H groups in total. The molecule has 2 heterocycles. The predicted molar refractivity (Wildman–Crippen MR) is 145 cm³/mol. The first-order valence-electron chi connectivity index (χ1n) is 12.1. The SMILES string of the molecule is CCNC(=NCC1CCN(CCc2ccccc2)C1)N1CCC(NC(=O)OC(C)(C)C)C1.I. The highest BCUT2D eigenvalue weighted by atomic mass is 127. The first kappa shape index (κ1) is 27.7. The van der Waals surface area contributed by atoms with Gasteiger partial charge in [-0.1, -0.05) is 30.3 Å². The van der Waals surface area contributed by atoms with Gasteiger partial charge in [0.25, 0.3) is 0 Å². The van der Waals surface area contributed by atoms with E-state index < -0.39 is 5.60 Å². The van der Waals surface area contributed by atoms with Crippen LogP contribution in [0, 0.1) is 5.92 Å². The monoisotopic (exact) mass is 571 g/mol. The van der Waals surface area contributed by atoms with Gasteiger partial charge in [-0.3, -0.25) is 4.99 Å². The molecule has 0 aliphatic carbocycles. The van der Waals surface area contributed by atoms with Gasteiger partial charge in [0.15, 0.2) is 5.96 Å². The molecule has 8 heteroatoms. The largest absolute Gasteiger partial charge is 0.444 e. The van der Waals surface area contributed by atoms with Crippen molar-refractivity contribution >= 4 is 36.0 Å². The van der Waals surface area contributed by atoms with Gasteiger partial charge in [0, 0.05) is 39.3 Å². The highest BCUT2D eigenvalue weighted by molar-refractivity contribution is 14.0. The summed E-state index contributed by atoms with van der Waals surface area (Å²) < 4.78 is 5.40. The molecule has 0 radical (unpaired) electrons. The third-order valence-electron chi connectivity index (χ3n) is 5.97. The second-order valence-electron chi connectivity index (χ2n) is 9.96. The first-order chi connectivity index (χ1) is 15.3. The standard InChI is InChI=1S/C25H41N5O2.HI/c1-5-26-23(30-16-13-22(19-30)28-24(31)32-25(2,3)4)27-17-21-12-15-29(18-21)14-11-20-9-7-6-8-10-20;/h6-10,21-22H,5,11-19H2,1-4H3,(H,26,27)(H,28,31);1H. The van der Waals surface area contributed by atoms with Crippen molar-refractivity contribution in [2.24, 2.45) is 10.9 Å². The number of nitrogens with zero attached hydrogens (tertiary/aromatic N) is 3. The van der Waals surface area contributed by atoms with Gasteiger partial charge in [-0.05, 0) is 65.0 Å². The molecule has 3 rings (SSSR count). The minimum absolute atomic E-state index is 0. The number of likely N-dealkylation sites (tertiary alicyclic amines) is 2. The number of carbonyl (C=O) groups is 1. The minimum Gasteiger partial charge on any atom is -0.444 e. The molecule has 2 saturated heterocycles. The summed E-state index contributed by atoms with van der Waals surface area (Å²) in [5.41, 5.74) is 0.932. The van der Waals surface area contributed by atoms with E-state index >= 15 is 0 Å². The summed E-state index contributed by atoms with van der Waals surface area (Å²) in [6, 6.07) is 10.8. The van der Waals surface area contributed by atoms with Crippen molar-refractivity contribution in [1.82, 2.24) is 20.4 Å². The van der Waals surface area contributed by atoms with Crippen molar-refractivity contribution in [1.29, 1.82) is 0 Å². The molecule has 186 valence electrons.